The van der Waals surface area contributed by atoms with Gasteiger partial charge in [0.05, 0.1) is 17.6 Å². The molecule has 0 saturated heterocycles. The maximum Gasteiger partial charge on any atom is 0.236 e. The third kappa shape index (κ3) is 3.96. The molecule has 28 heavy (non-hydrogen) atoms. The maximum absolute atomic E-state index is 12.6. The van der Waals surface area contributed by atoms with Gasteiger partial charge in [0.2, 0.25) is 10.0 Å². The second-order valence-electron chi connectivity index (χ2n) is 7.37. The second-order valence-corrected chi connectivity index (χ2v) is 9.63. The van der Waals surface area contributed by atoms with E-state index in [1.165, 1.54) is 10.6 Å². The molecule has 0 aliphatic heterocycles. The zero-order valence-electron chi connectivity index (χ0n) is 16.6. The van der Waals surface area contributed by atoms with E-state index < -0.39 is 10.0 Å². The number of rotatable bonds is 6. The lowest BCUT2D eigenvalue weighted by Crippen LogP contribution is -2.26. The van der Waals surface area contributed by atoms with Crippen molar-refractivity contribution >= 4 is 33.0 Å². The predicted octanol–water partition coefficient (Wildman–Crippen LogP) is 5.59. The van der Waals surface area contributed by atoms with Crippen LogP contribution >= 0.6 is 11.6 Å². The predicted molar refractivity (Wildman–Crippen MR) is 117 cm³/mol. The molecule has 3 aromatic rings. The summed E-state index contributed by atoms with van der Waals surface area (Å²) in [5.74, 6) is 0. The first-order valence-corrected chi connectivity index (χ1v) is 11.4. The Bertz CT molecular complexity index is 1070. The Morgan fingerprint density at radius 1 is 1.00 bits per heavy atom. The Morgan fingerprint density at radius 2 is 1.68 bits per heavy atom. The largest absolute Gasteiger partial charge is 0.351 e. The summed E-state index contributed by atoms with van der Waals surface area (Å²) in [7, 11) is -3.55. The van der Waals surface area contributed by atoms with E-state index in [4.69, 9.17) is 11.6 Å². The average Bonchev–Trinajstić information content (AvgIpc) is 3.11. The van der Waals surface area contributed by atoms with E-state index >= 15 is 0 Å². The van der Waals surface area contributed by atoms with Crippen LogP contribution in [0, 0.1) is 0 Å². The van der Waals surface area contributed by atoms with Gasteiger partial charge in [0.25, 0.3) is 0 Å². The number of benzene rings is 2. The van der Waals surface area contributed by atoms with Crippen molar-refractivity contribution < 1.29 is 8.42 Å². The van der Waals surface area contributed by atoms with Crippen LogP contribution in [-0.4, -0.2) is 19.2 Å². The minimum atomic E-state index is -3.55. The minimum Gasteiger partial charge on any atom is -0.351 e. The zero-order chi connectivity index (χ0) is 20.5. The lowest BCUT2D eigenvalue weighted by Gasteiger charge is -2.30. The van der Waals surface area contributed by atoms with Gasteiger partial charge in [-0.15, -0.1) is 0 Å². The SMILES string of the molecule is CCn1cccc1C(C)(C)c1cc(Cl)cc(N(c2ccccc2)S(C)(=O)=O)c1. The molecule has 0 aliphatic carbocycles. The molecule has 0 bridgehead atoms. The van der Waals surface area contributed by atoms with Gasteiger partial charge >= 0.3 is 0 Å². The number of halogens is 1. The van der Waals surface area contributed by atoms with Crippen LogP contribution in [0.2, 0.25) is 5.02 Å². The smallest absolute Gasteiger partial charge is 0.236 e. The third-order valence-corrected chi connectivity index (χ3v) is 6.27. The molecule has 4 nitrogen and oxygen atoms in total. The molecule has 0 aliphatic rings. The molecule has 6 heteroatoms. The van der Waals surface area contributed by atoms with Crippen molar-refractivity contribution in [2.24, 2.45) is 0 Å². The summed E-state index contributed by atoms with van der Waals surface area (Å²) in [5.41, 5.74) is 2.85. The summed E-state index contributed by atoms with van der Waals surface area (Å²) in [6, 6.07) is 18.7. The van der Waals surface area contributed by atoms with E-state index in [0.717, 1.165) is 17.8 Å². The number of hydrogen-bond donors (Lipinski definition) is 0. The Hall–Kier alpha value is -2.24. The van der Waals surface area contributed by atoms with Crippen molar-refractivity contribution in [3.05, 3.63) is 83.1 Å². The number of aryl methyl sites for hydroxylation is 1. The van der Waals surface area contributed by atoms with E-state index in [2.05, 4.69) is 37.6 Å². The molecule has 0 atom stereocenters. The Kier molecular flexibility index (Phi) is 5.60. The molecule has 3 rings (SSSR count). The topological polar surface area (TPSA) is 42.3 Å². The van der Waals surface area contributed by atoms with Gasteiger partial charge in [0.15, 0.2) is 0 Å². The van der Waals surface area contributed by atoms with Crippen LogP contribution < -0.4 is 4.31 Å². The van der Waals surface area contributed by atoms with Gasteiger partial charge in [0.1, 0.15) is 0 Å². The van der Waals surface area contributed by atoms with E-state index in [1.54, 1.807) is 18.2 Å². The summed E-state index contributed by atoms with van der Waals surface area (Å²) >= 11 is 6.44. The first-order valence-electron chi connectivity index (χ1n) is 9.16. The highest BCUT2D eigenvalue weighted by molar-refractivity contribution is 7.92. The molecule has 0 unspecified atom stereocenters. The lowest BCUT2D eigenvalue weighted by atomic mass is 9.81. The number of para-hydroxylation sites is 1. The summed E-state index contributed by atoms with van der Waals surface area (Å²) in [6.07, 6.45) is 3.25. The van der Waals surface area contributed by atoms with Crippen molar-refractivity contribution in [2.45, 2.75) is 32.7 Å². The van der Waals surface area contributed by atoms with Gasteiger partial charge in [0, 0.05) is 28.9 Å². The highest BCUT2D eigenvalue weighted by atomic mass is 35.5. The molecular weight excluding hydrogens is 392 g/mol. The van der Waals surface area contributed by atoms with E-state index in [0.29, 0.717) is 16.4 Å². The summed E-state index contributed by atoms with van der Waals surface area (Å²) in [6.45, 7) is 7.21. The highest BCUT2D eigenvalue weighted by Gasteiger charge is 2.29. The first-order chi connectivity index (χ1) is 13.1. The minimum absolute atomic E-state index is 0.348. The van der Waals surface area contributed by atoms with Gasteiger partial charge in [-0.25, -0.2) is 12.7 Å². The van der Waals surface area contributed by atoms with Crippen molar-refractivity contribution in [3.63, 3.8) is 0 Å². The number of hydrogen-bond acceptors (Lipinski definition) is 2. The molecule has 0 radical (unpaired) electrons. The van der Waals surface area contributed by atoms with Gasteiger partial charge in [-0.05, 0) is 55.0 Å². The zero-order valence-corrected chi connectivity index (χ0v) is 18.1. The van der Waals surface area contributed by atoms with E-state index in [-0.39, 0.29) is 5.41 Å². The van der Waals surface area contributed by atoms with Crippen LogP contribution in [0.25, 0.3) is 0 Å². The molecular formula is C22H25ClN2O2S. The average molecular weight is 417 g/mol. The molecule has 0 N–H and O–H groups in total. The summed E-state index contributed by atoms with van der Waals surface area (Å²) < 4.78 is 28.7. The number of nitrogens with zero attached hydrogens (tertiary/aromatic N) is 2. The Labute approximate surface area is 172 Å². The van der Waals surface area contributed by atoms with Crippen molar-refractivity contribution in [1.82, 2.24) is 4.57 Å². The van der Waals surface area contributed by atoms with Crippen LogP contribution in [0.15, 0.2) is 66.9 Å². The monoisotopic (exact) mass is 416 g/mol. The quantitative estimate of drug-likeness (QED) is 0.526. The fourth-order valence-corrected chi connectivity index (χ4v) is 4.78. The van der Waals surface area contributed by atoms with Gasteiger partial charge < -0.3 is 4.57 Å². The molecule has 2 aromatic carbocycles. The van der Waals surface area contributed by atoms with Crippen molar-refractivity contribution in [3.8, 4) is 0 Å². The molecule has 0 fully saturated rings. The van der Waals surface area contributed by atoms with Crippen LogP contribution in [0.1, 0.15) is 32.0 Å². The second kappa shape index (κ2) is 7.64. The normalized spacial score (nSPS) is 12.2. The highest BCUT2D eigenvalue weighted by Crippen LogP contribution is 2.38. The van der Waals surface area contributed by atoms with E-state index in [9.17, 15) is 8.42 Å². The lowest BCUT2D eigenvalue weighted by molar-refractivity contribution is 0.562. The van der Waals surface area contributed by atoms with Gasteiger partial charge in [-0.3, -0.25) is 0 Å². The van der Waals surface area contributed by atoms with Crippen LogP contribution in [0.5, 0.6) is 0 Å². The fourth-order valence-electron chi connectivity index (χ4n) is 3.55. The Morgan fingerprint density at radius 3 is 2.29 bits per heavy atom. The van der Waals surface area contributed by atoms with Crippen LogP contribution in [-0.2, 0) is 22.0 Å². The third-order valence-electron chi connectivity index (χ3n) is 4.97. The standard InChI is InChI=1S/C22H25ClN2O2S/c1-5-24-13-9-12-21(24)22(2,3)17-14-18(23)16-20(15-17)25(28(4,26)27)19-10-7-6-8-11-19/h6-16H,5H2,1-4H3. The molecule has 148 valence electrons. The van der Waals surface area contributed by atoms with Gasteiger partial charge in [-0.1, -0.05) is 43.6 Å². The summed E-state index contributed by atoms with van der Waals surface area (Å²) in [4.78, 5) is 0. The van der Waals surface area contributed by atoms with Crippen LogP contribution in [0.4, 0.5) is 11.4 Å². The van der Waals surface area contributed by atoms with Crippen molar-refractivity contribution in [1.29, 1.82) is 0 Å². The number of sulfonamides is 1. The van der Waals surface area contributed by atoms with Crippen molar-refractivity contribution in [2.75, 3.05) is 10.6 Å². The van der Waals surface area contributed by atoms with Gasteiger partial charge in [-0.2, -0.15) is 0 Å². The molecule has 0 amide bonds. The summed E-state index contributed by atoms with van der Waals surface area (Å²) in [5, 5.41) is 0.500. The first kappa shape index (κ1) is 20.5. The Balaban J connectivity index is 2.18. The fraction of sp³-hybridized carbons (Fsp3) is 0.273. The molecule has 0 spiro atoms. The molecule has 1 aromatic heterocycles. The van der Waals surface area contributed by atoms with Crippen LogP contribution in [0.3, 0.4) is 0 Å². The maximum atomic E-state index is 12.6. The number of anilines is 2. The number of aromatic nitrogens is 1. The molecule has 1 heterocycles. The van der Waals surface area contributed by atoms with E-state index in [1.807, 2.05) is 36.4 Å². The molecule has 0 saturated carbocycles.